The maximum absolute atomic E-state index is 10.7. The molecule has 0 aromatic carbocycles. The van der Waals surface area contributed by atoms with E-state index in [0.717, 1.165) is 6.08 Å². The molecule has 0 aliphatic rings. The highest BCUT2D eigenvalue weighted by Gasteiger charge is 2.10. The van der Waals surface area contributed by atoms with Crippen molar-refractivity contribution in [1.82, 2.24) is 0 Å². The van der Waals surface area contributed by atoms with Crippen LogP contribution in [0.2, 0.25) is 0 Å². The van der Waals surface area contributed by atoms with E-state index in [4.69, 9.17) is 9.62 Å². The molecule has 74 valence electrons. The normalized spacial score (nSPS) is 11.8. The summed E-state index contributed by atoms with van der Waals surface area (Å²) < 4.78 is 4.76. The molecule has 13 heavy (non-hydrogen) atoms. The topological polar surface area (TPSA) is 44.8 Å². The van der Waals surface area contributed by atoms with Crippen LogP contribution in [0.5, 0.6) is 0 Å². The molecule has 0 aromatic heterocycles. The Morgan fingerprint density at radius 2 is 2.23 bits per heavy atom. The second-order valence-electron chi connectivity index (χ2n) is 2.15. The van der Waals surface area contributed by atoms with Gasteiger partial charge < -0.3 is 4.74 Å². The van der Waals surface area contributed by atoms with Gasteiger partial charge in [0.05, 0.1) is 0 Å². The molecular weight excluding hydrogens is 172 g/mol. The van der Waals surface area contributed by atoms with Gasteiger partial charge in [-0.15, -0.1) is 6.58 Å². The molecule has 1 atom stereocenters. The fraction of sp³-hybridized carbons (Fsp3) is 0.444. The van der Waals surface area contributed by atoms with Crippen molar-refractivity contribution in [3.63, 3.8) is 0 Å². The van der Waals surface area contributed by atoms with Crippen molar-refractivity contribution >= 4 is 5.97 Å². The lowest BCUT2D eigenvalue weighted by molar-refractivity contribution is -0.364. The zero-order valence-electron chi connectivity index (χ0n) is 7.69. The molecule has 0 rings (SSSR count). The summed E-state index contributed by atoms with van der Waals surface area (Å²) in [7, 11) is 0. The average Bonchev–Trinajstić information content (AvgIpc) is 2.16. The Morgan fingerprint density at radius 1 is 1.54 bits per heavy atom. The van der Waals surface area contributed by atoms with Crippen LogP contribution in [0.25, 0.3) is 0 Å². The standard InChI is InChI=1S/C9H14O4/c1-4-7-11-13-9(6-3)12-8(10)5-2/h4-5,9H,1-2,6-7H2,3H3. The smallest absolute Gasteiger partial charge is 0.332 e. The van der Waals surface area contributed by atoms with E-state index in [1.807, 2.05) is 0 Å². The summed E-state index contributed by atoms with van der Waals surface area (Å²) in [6, 6.07) is 0. The molecule has 0 bridgehead atoms. The van der Waals surface area contributed by atoms with Crippen molar-refractivity contribution in [3.8, 4) is 0 Å². The molecule has 0 aliphatic heterocycles. The molecule has 1 unspecified atom stereocenters. The van der Waals surface area contributed by atoms with Gasteiger partial charge in [0.15, 0.2) is 0 Å². The number of ether oxygens (including phenoxy) is 1. The second-order valence-corrected chi connectivity index (χ2v) is 2.15. The first kappa shape index (κ1) is 11.9. The van der Waals surface area contributed by atoms with E-state index in [-0.39, 0.29) is 6.61 Å². The average molecular weight is 186 g/mol. The summed E-state index contributed by atoms with van der Waals surface area (Å²) in [5, 5.41) is 0. The molecule has 4 heteroatoms. The van der Waals surface area contributed by atoms with Gasteiger partial charge in [-0.3, -0.25) is 0 Å². The Kier molecular flexibility index (Phi) is 6.86. The van der Waals surface area contributed by atoms with E-state index < -0.39 is 12.3 Å². The van der Waals surface area contributed by atoms with Gasteiger partial charge in [-0.05, 0) is 0 Å². The molecule has 0 fully saturated rings. The maximum atomic E-state index is 10.7. The molecule has 0 saturated carbocycles. The predicted octanol–water partition coefficient (Wildman–Crippen LogP) is 1.59. The molecule has 0 spiro atoms. The first-order valence-electron chi connectivity index (χ1n) is 3.96. The molecular formula is C9H14O4. The molecule has 0 saturated heterocycles. The van der Waals surface area contributed by atoms with E-state index >= 15 is 0 Å². The maximum Gasteiger partial charge on any atom is 0.332 e. The van der Waals surface area contributed by atoms with Gasteiger partial charge in [0, 0.05) is 12.5 Å². The molecule has 4 nitrogen and oxygen atoms in total. The van der Waals surface area contributed by atoms with Gasteiger partial charge in [-0.2, -0.15) is 4.89 Å². The highest BCUT2D eigenvalue weighted by molar-refractivity contribution is 5.81. The molecule has 0 aromatic rings. The van der Waals surface area contributed by atoms with Crippen LogP contribution in [0.4, 0.5) is 0 Å². The van der Waals surface area contributed by atoms with Crippen molar-refractivity contribution in [2.75, 3.05) is 6.61 Å². The molecule has 0 amide bonds. The minimum Gasteiger partial charge on any atom is -0.430 e. The third kappa shape index (κ3) is 6.07. The highest BCUT2D eigenvalue weighted by atomic mass is 17.2. The number of hydrogen-bond donors (Lipinski definition) is 0. The number of rotatable bonds is 7. The van der Waals surface area contributed by atoms with Crippen LogP contribution in [0.1, 0.15) is 13.3 Å². The Bertz CT molecular complexity index is 176. The van der Waals surface area contributed by atoms with Crippen molar-refractivity contribution < 1.29 is 19.3 Å². The minimum atomic E-state index is -0.689. The third-order valence-corrected chi connectivity index (χ3v) is 1.11. The summed E-state index contributed by atoms with van der Waals surface area (Å²) in [5.41, 5.74) is 0. The fourth-order valence-corrected chi connectivity index (χ4v) is 0.512. The van der Waals surface area contributed by atoms with Gasteiger partial charge in [-0.1, -0.05) is 19.6 Å². The van der Waals surface area contributed by atoms with Crippen LogP contribution in [0, 0.1) is 0 Å². The summed E-state index contributed by atoms with van der Waals surface area (Å²) in [6.45, 7) is 8.74. The lowest BCUT2D eigenvalue weighted by atomic mass is 10.5. The number of hydrogen-bond acceptors (Lipinski definition) is 4. The molecule has 0 radical (unpaired) electrons. The summed E-state index contributed by atoms with van der Waals surface area (Å²) in [6.07, 6.45) is 2.42. The van der Waals surface area contributed by atoms with Crippen molar-refractivity contribution in [2.45, 2.75) is 19.6 Å². The second kappa shape index (κ2) is 7.52. The summed E-state index contributed by atoms with van der Waals surface area (Å²) >= 11 is 0. The Hall–Kier alpha value is -1.13. The summed E-state index contributed by atoms with van der Waals surface area (Å²) in [4.78, 5) is 20.1. The molecule has 0 aliphatic carbocycles. The van der Waals surface area contributed by atoms with Crippen LogP contribution in [-0.4, -0.2) is 18.9 Å². The predicted molar refractivity (Wildman–Crippen MR) is 47.6 cm³/mol. The molecule has 0 N–H and O–H groups in total. The van der Waals surface area contributed by atoms with E-state index in [1.54, 1.807) is 6.92 Å². The van der Waals surface area contributed by atoms with Crippen LogP contribution in [0.15, 0.2) is 25.3 Å². The van der Waals surface area contributed by atoms with Gasteiger partial charge in [0.25, 0.3) is 0 Å². The number of carbonyl (C=O) groups excluding carboxylic acids is 1. The van der Waals surface area contributed by atoms with Crippen LogP contribution in [0.3, 0.4) is 0 Å². The van der Waals surface area contributed by atoms with Gasteiger partial charge in [0.2, 0.25) is 6.29 Å². The van der Waals surface area contributed by atoms with Crippen LogP contribution < -0.4 is 0 Å². The van der Waals surface area contributed by atoms with E-state index in [1.165, 1.54) is 6.08 Å². The van der Waals surface area contributed by atoms with Crippen molar-refractivity contribution in [3.05, 3.63) is 25.3 Å². The summed E-state index contributed by atoms with van der Waals surface area (Å²) in [5.74, 6) is -0.533. The quantitative estimate of drug-likeness (QED) is 0.115. The molecule has 0 heterocycles. The lowest BCUT2D eigenvalue weighted by Gasteiger charge is -2.13. The van der Waals surface area contributed by atoms with Gasteiger partial charge in [-0.25, -0.2) is 9.68 Å². The monoisotopic (exact) mass is 186 g/mol. The Labute approximate surface area is 77.7 Å². The fourth-order valence-electron chi connectivity index (χ4n) is 0.512. The number of esters is 1. The zero-order chi connectivity index (χ0) is 10.1. The van der Waals surface area contributed by atoms with Crippen molar-refractivity contribution in [2.24, 2.45) is 0 Å². The van der Waals surface area contributed by atoms with E-state index in [0.29, 0.717) is 6.42 Å². The largest absolute Gasteiger partial charge is 0.430 e. The van der Waals surface area contributed by atoms with Crippen molar-refractivity contribution in [1.29, 1.82) is 0 Å². The first-order chi connectivity index (χ1) is 6.24. The zero-order valence-corrected chi connectivity index (χ0v) is 7.69. The lowest BCUT2D eigenvalue weighted by Crippen LogP contribution is -2.19. The van der Waals surface area contributed by atoms with Gasteiger partial charge in [0.1, 0.15) is 6.61 Å². The van der Waals surface area contributed by atoms with Crippen LogP contribution in [-0.2, 0) is 19.3 Å². The Balaban J connectivity index is 3.68. The number of carbonyl (C=O) groups is 1. The third-order valence-electron chi connectivity index (χ3n) is 1.11. The van der Waals surface area contributed by atoms with E-state index in [2.05, 4.69) is 18.0 Å². The van der Waals surface area contributed by atoms with Gasteiger partial charge >= 0.3 is 5.97 Å². The minimum absolute atomic E-state index is 0.252. The van der Waals surface area contributed by atoms with Crippen LogP contribution >= 0.6 is 0 Å². The Morgan fingerprint density at radius 3 is 2.69 bits per heavy atom. The SMILES string of the molecule is C=CCOOC(CC)OC(=O)C=C. The first-order valence-corrected chi connectivity index (χ1v) is 3.96. The van der Waals surface area contributed by atoms with E-state index in [9.17, 15) is 4.79 Å². The highest BCUT2D eigenvalue weighted by Crippen LogP contribution is 2.01.